The van der Waals surface area contributed by atoms with Crippen molar-refractivity contribution in [3.8, 4) is 0 Å². The first-order valence-corrected chi connectivity index (χ1v) is 6.74. The van der Waals surface area contributed by atoms with Gasteiger partial charge < -0.3 is 15.4 Å². The lowest BCUT2D eigenvalue weighted by Gasteiger charge is -2.22. The molecule has 1 aromatic carbocycles. The maximum absolute atomic E-state index is 12.6. The Balaban J connectivity index is 0.00000242. The molecule has 0 saturated heterocycles. The van der Waals surface area contributed by atoms with E-state index in [0.717, 1.165) is 5.69 Å². The zero-order valence-corrected chi connectivity index (χ0v) is 13.3. The molecule has 118 valence electrons. The topological polar surface area (TPSA) is 68.5 Å². The second-order valence-electron chi connectivity index (χ2n) is 4.67. The van der Waals surface area contributed by atoms with Crippen molar-refractivity contribution < 1.29 is 9.53 Å². The van der Waals surface area contributed by atoms with E-state index in [0.29, 0.717) is 30.9 Å². The third-order valence-electron chi connectivity index (χ3n) is 3.07. The molecule has 0 fully saturated rings. The Labute approximate surface area is 136 Å². The maximum Gasteiger partial charge on any atom is 0.254 e. The van der Waals surface area contributed by atoms with Crippen LogP contribution in [0, 0.1) is 0 Å². The number of hydrogen-bond donors (Lipinski definition) is 1. The smallest absolute Gasteiger partial charge is 0.254 e. The fourth-order valence-electron chi connectivity index (χ4n) is 2.00. The Morgan fingerprint density at radius 3 is 2.73 bits per heavy atom. The van der Waals surface area contributed by atoms with E-state index in [1.165, 1.54) is 0 Å². The van der Waals surface area contributed by atoms with Crippen LogP contribution in [0.5, 0.6) is 0 Å². The number of methoxy groups -OCH3 is 1. The fraction of sp³-hybridized carbons (Fsp3) is 0.250. The third-order valence-corrected chi connectivity index (χ3v) is 3.07. The van der Waals surface area contributed by atoms with E-state index in [9.17, 15) is 4.79 Å². The summed E-state index contributed by atoms with van der Waals surface area (Å²) in [6.07, 6.45) is 1.72. The highest BCUT2D eigenvalue weighted by Gasteiger charge is 2.16. The molecule has 6 heteroatoms. The first-order chi connectivity index (χ1) is 10.2. The Morgan fingerprint density at radius 1 is 1.27 bits per heavy atom. The molecule has 0 aliphatic rings. The normalized spacial score (nSPS) is 9.86. The summed E-state index contributed by atoms with van der Waals surface area (Å²) in [5.74, 6) is -0.0787. The van der Waals surface area contributed by atoms with Crippen molar-refractivity contribution in [1.82, 2.24) is 9.88 Å². The lowest BCUT2D eigenvalue weighted by molar-refractivity contribution is 0.0678. The molecular weight excluding hydrogens is 302 g/mol. The zero-order chi connectivity index (χ0) is 15.1. The van der Waals surface area contributed by atoms with Crippen LogP contribution >= 0.6 is 12.4 Å². The van der Waals surface area contributed by atoms with Crippen molar-refractivity contribution in [2.24, 2.45) is 0 Å². The molecular formula is C16H20ClN3O2. The van der Waals surface area contributed by atoms with Crippen molar-refractivity contribution >= 4 is 24.0 Å². The van der Waals surface area contributed by atoms with Crippen LogP contribution in [0.1, 0.15) is 16.1 Å². The van der Waals surface area contributed by atoms with Gasteiger partial charge in [0.05, 0.1) is 18.8 Å². The Morgan fingerprint density at radius 2 is 2.09 bits per heavy atom. The summed E-state index contributed by atoms with van der Waals surface area (Å²) in [6.45, 7) is 1.42. The first kappa shape index (κ1) is 17.9. The van der Waals surface area contributed by atoms with Gasteiger partial charge >= 0.3 is 0 Å². The van der Waals surface area contributed by atoms with Gasteiger partial charge in [-0.05, 0) is 30.3 Å². The molecule has 0 bridgehead atoms. The Kier molecular flexibility index (Phi) is 7.36. The van der Waals surface area contributed by atoms with Crippen molar-refractivity contribution in [3.63, 3.8) is 0 Å². The van der Waals surface area contributed by atoms with E-state index >= 15 is 0 Å². The molecule has 0 unspecified atom stereocenters. The van der Waals surface area contributed by atoms with Crippen LogP contribution in [-0.2, 0) is 11.3 Å². The molecule has 0 radical (unpaired) electrons. The van der Waals surface area contributed by atoms with E-state index in [-0.39, 0.29) is 18.3 Å². The molecule has 2 N–H and O–H groups in total. The molecule has 5 nitrogen and oxygen atoms in total. The zero-order valence-electron chi connectivity index (χ0n) is 12.4. The van der Waals surface area contributed by atoms with Crippen LogP contribution in [0.3, 0.4) is 0 Å². The molecule has 1 aromatic heterocycles. The van der Waals surface area contributed by atoms with Gasteiger partial charge in [0.2, 0.25) is 0 Å². The third kappa shape index (κ3) is 5.02. The minimum absolute atomic E-state index is 0. The van der Waals surface area contributed by atoms with Gasteiger partial charge in [-0.25, -0.2) is 0 Å². The summed E-state index contributed by atoms with van der Waals surface area (Å²) in [7, 11) is 1.62. The second kappa shape index (κ2) is 9.02. The number of aromatic nitrogens is 1. The largest absolute Gasteiger partial charge is 0.399 e. The monoisotopic (exact) mass is 321 g/mol. The molecule has 0 atom stereocenters. The standard InChI is InChI=1S/C16H19N3O2.ClH/c1-21-10-9-19(12-15-7-2-3-8-18-15)16(20)13-5-4-6-14(17)11-13;/h2-8,11H,9-10,12,17H2,1H3;1H. The van der Waals surface area contributed by atoms with Gasteiger partial charge in [-0.3, -0.25) is 9.78 Å². The van der Waals surface area contributed by atoms with Crippen molar-refractivity contribution in [1.29, 1.82) is 0 Å². The van der Waals surface area contributed by atoms with E-state index in [1.54, 1.807) is 42.5 Å². The number of halogens is 1. The van der Waals surface area contributed by atoms with Gasteiger partial charge in [-0.15, -0.1) is 12.4 Å². The van der Waals surface area contributed by atoms with Crippen molar-refractivity contribution in [2.75, 3.05) is 26.0 Å². The number of hydrogen-bond acceptors (Lipinski definition) is 4. The molecule has 2 rings (SSSR count). The molecule has 0 aliphatic carbocycles. The summed E-state index contributed by atoms with van der Waals surface area (Å²) in [4.78, 5) is 18.6. The highest BCUT2D eigenvalue weighted by molar-refractivity contribution is 5.95. The highest BCUT2D eigenvalue weighted by atomic mass is 35.5. The molecule has 1 heterocycles. The number of benzene rings is 1. The van der Waals surface area contributed by atoms with Crippen LogP contribution in [-0.4, -0.2) is 36.1 Å². The first-order valence-electron chi connectivity index (χ1n) is 6.74. The average Bonchev–Trinajstić information content (AvgIpc) is 2.51. The second-order valence-corrected chi connectivity index (χ2v) is 4.67. The van der Waals surface area contributed by atoms with Crippen molar-refractivity contribution in [3.05, 3.63) is 59.9 Å². The quantitative estimate of drug-likeness (QED) is 0.829. The number of nitrogens with zero attached hydrogens (tertiary/aromatic N) is 2. The lowest BCUT2D eigenvalue weighted by atomic mass is 10.1. The fourth-order valence-corrected chi connectivity index (χ4v) is 2.00. The number of carbonyl (C=O) groups excluding carboxylic acids is 1. The molecule has 0 saturated carbocycles. The van der Waals surface area contributed by atoms with E-state index in [4.69, 9.17) is 10.5 Å². The van der Waals surface area contributed by atoms with Crippen LogP contribution in [0.15, 0.2) is 48.7 Å². The van der Waals surface area contributed by atoms with Gasteiger partial charge in [0.15, 0.2) is 0 Å². The number of amides is 1. The van der Waals surface area contributed by atoms with Gasteiger partial charge in [-0.1, -0.05) is 12.1 Å². The number of rotatable bonds is 6. The Hall–Kier alpha value is -2.11. The predicted octanol–water partition coefficient (Wildman–Crippen LogP) is 2.37. The summed E-state index contributed by atoms with van der Waals surface area (Å²) in [5.41, 5.74) is 7.73. The molecule has 0 aliphatic heterocycles. The van der Waals surface area contributed by atoms with Crippen LogP contribution < -0.4 is 5.73 Å². The minimum Gasteiger partial charge on any atom is -0.399 e. The van der Waals surface area contributed by atoms with E-state index < -0.39 is 0 Å². The SMILES string of the molecule is COCCN(Cc1ccccn1)C(=O)c1cccc(N)c1.Cl. The molecule has 2 aromatic rings. The highest BCUT2D eigenvalue weighted by Crippen LogP contribution is 2.12. The van der Waals surface area contributed by atoms with Crippen LogP contribution in [0.2, 0.25) is 0 Å². The van der Waals surface area contributed by atoms with E-state index in [1.807, 2.05) is 18.2 Å². The molecule has 22 heavy (non-hydrogen) atoms. The van der Waals surface area contributed by atoms with Gasteiger partial charge in [-0.2, -0.15) is 0 Å². The summed E-state index contributed by atoms with van der Waals surface area (Å²) >= 11 is 0. The summed E-state index contributed by atoms with van der Waals surface area (Å²) < 4.78 is 5.08. The van der Waals surface area contributed by atoms with Crippen LogP contribution in [0.25, 0.3) is 0 Å². The number of anilines is 1. The number of nitrogens with two attached hydrogens (primary N) is 1. The number of carbonyl (C=O) groups is 1. The van der Waals surface area contributed by atoms with E-state index in [2.05, 4.69) is 4.98 Å². The van der Waals surface area contributed by atoms with Gasteiger partial charge in [0.25, 0.3) is 5.91 Å². The van der Waals surface area contributed by atoms with Gasteiger partial charge in [0.1, 0.15) is 0 Å². The predicted molar refractivity (Wildman–Crippen MR) is 89.0 cm³/mol. The molecule has 0 spiro atoms. The van der Waals surface area contributed by atoms with Gasteiger partial charge in [0, 0.05) is 31.1 Å². The Bertz CT molecular complexity index is 593. The molecule has 1 amide bonds. The number of ether oxygens (including phenoxy) is 1. The maximum atomic E-state index is 12.6. The minimum atomic E-state index is -0.0787. The summed E-state index contributed by atoms with van der Waals surface area (Å²) in [5, 5.41) is 0. The lowest BCUT2D eigenvalue weighted by Crippen LogP contribution is -2.33. The summed E-state index contributed by atoms with van der Waals surface area (Å²) in [6, 6.07) is 12.6. The van der Waals surface area contributed by atoms with Crippen LogP contribution in [0.4, 0.5) is 5.69 Å². The van der Waals surface area contributed by atoms with Crippen molar-refractivity contribution in [2.45, 2.75) is 6.54 Å². The number of pyridine rings is 1. The average molecular weight is 322 g/mol. The number of nitrogen functional groups attached to an aromatic ring is 1.